The molecule has 1 fully saturated rings. The van der Waals surface area contributed by atoms with Gasteiger partial charge in [-0.25, -0.2) is 0 Å². The van der Waals surface area contributed by atoms with E-state index >= 15 is 0 Å². The van der Waals surface area contributed by atoms with E-state index < -0.39 is 0 Å². The van der Waals surface area contributed by atoms with E-state index in [1.54, 1.807) is 5.38 Å². The summed E-state index contributed by atoms with van der Waals surface area (Å²) in [6, 6.07) is 0. The molecule has 0 atom stereocenters. The average Bonchev–Trinajstić information content (AvgIpc) is 2.81. The molecule has 0 radical (unpaired) electrons. The third-order valence-corrected chi connectivity index (χ3v) is 3.32. The van der Waals surface area contributed by atoms with Crippen molar-refractivity contribution >= 4 is 17.4 Å². The summed E-state index contributed by atoms with van der Waals surface area (Å²) in [5.74, 6) is -0.173. The third-order valence-electron chi connectivity index (χ3n) is 2.82. The molecule has 15 heavy (non-hydrogen) atoms. The first-order valence-corrected chi connectivity index (χ1v) is 5.76. The fraction of sp³-hybridized carbons (Fsp3) is 0.667. The highest BCUT2D eigenvalue weighted by Crippen LogP contribution is 2.47. The van der Waals surface area contributed by atoms with Crippen molar-refractivity contribution in [1.29, 1.82) is 0 Å². The van der Waals surface area contributed by atoms with Gasteiger partial charge in [-0.2, -0.15) is 0 Å². The van der Waals surface area contributed by atoms with Crippen molar-refractivity contribution in [3.8, 4) is 0 Å². The summed E-state index contributed by atoms with van der Waals surface area (Å²) >= 11 is 1.17. The van der Waals surface area contributed by atoms with Gasteiger partial charge in [-0.15, -0.1) is 5.10 Å². The maximum absolute atomic E-state index is 11.5. The molecule has 0 aromatic carbocycles. The van der Waals surface area contributed by atoms with Crippen LogP contribution in [0, 0.1) is 5.41 Å². The normalized spacial score (nSPS) is 17.4. The summed E-state index contributed by atoms with van der Waals surface area (Å²) in [7, 11) is 0. The standard InChI is InChI=1S/C9H13N3O2S/c13-4-3-9(1-2-9)6-10-8(14)7-5-15-12-11-7/h5,13H,1-4,6H2,(H,10,14). The van der Waals surface area contributed by atoms with Crippen LogP contribution in [0.3, 0.4) is 0 Å². The van der Waals surface area contributed by atoms with E-state index in [1.807, 2.05) is 0 Å². The Morgan fingerprint density at radius 1 is 1.67 bits per heavy atom. The number of aromatic nitrogens is 2. The van der Waals surface area contributed by atoms with Gasteiger partial charge in [0.05, 0.1) is 0 Å². The van der Waals surface area contributed by atoms with Crippen LogP contribution in [0.1, 0.15) is 29.8 Å². The Morgan fingerprint density at radius 2 is 2.47 bits per heavy atom. The minimum atomic E-state index is -0.173. The van der Waals surface area contributed by atoms with Crippen LogP contribution in [0.25, 0.3) is 0 Å². The van der Waals surface area contributed by atoms with E-state index in [0.29, 0.717) is 12.2 Å². The van der Waals surface area contributed by atoms with Crippen LogP contribution in [0.5, 0.6) is 0 Å². The smallest absolute Gasteiger partial charge is 0.272 e. The quantitative estimate of drug-likeness (QED) is 0.765. The molecule has 1 aromatic heterocycles. The van der Waals surface area contributed by atoms with E-state index in [9.17, 15) is 4.79 Å². The maximum atomic E-state index is 11.5. The van der Waals surface area contributed by atoms with Gasteiger partial charge in [-0.1, -0.05) is 4.49 Å². The van der Waals surface area contributed by atoms with Crippen molar-refractivity contribution in [1.82, 2.24) is 14.9 Å². The molecule has 1 aliphatic rings. The molecule has 5 nitrogen and oxygen atoms in total. The lowest BCUT2D eigenvalue weighted by Gasteiger charge is -2.13. The number of aliphatic hydroxyl groups excluding tert-OH is 1. The Kier molecular flexibility index (Phi) is 2.97. The van der Waals surface area contributed by atoms with Crippen LogP contribution in [0.4, 0.5) is 0 Å². The maximum Gasteiger partial charge on any atom is 0.272 e. The van der Waals surface area contributed by atoms with E-state index in [0.717, 1.165) is 19.3 Å². The number of nitrogens with zero attached hydrogens (tertiary/aromatic N) is 2. The minimum absolute atomic E-state index is 0.147. The number of hydrogen-bond donors (Lipinski definition) is 2. The van der Waals surface area contributed by atoms with E-state index in [4.69, 9.17) is 5.11 Å². The van der Waals surface area contributed by atoms with Crippen molar-refractivity contribution in [2.24, 2.45) is 5.41 Å². The number of hydrogen-bond acceptors (Lipinski definition) is 5. The zero-order chi connectivity index (χ0) is 10.7. The van der Waals surface area contributed by atoms with Gasteiger partial charge in [0.25, 0.3) is 5.91 Å². The second-order valence-corrected chi connectivity index (χ2v) is 4.56. The second kappa shape index (κ2) is 4.24. The van der Waals surface area contributed by atoms with Crippen LogP contribution in [0.2, 0.25) is 0 Å². The Balaban J connectivity index is 1.81. The fourth-order valence-electron chi connectivity index (χ4n) is 1.55. The summed E-state index contributed by atoms with van der Waals surface area (Å²) in [5.41, 5.74) is 0.521. The number of rotatable bonds is 5. The number of aliphatic hydroxyl groups is 1. The van der Waals surface area contributed by atoms with Gasteiger partial charge in [-0.3, -0.25) is 4.79 Å². The summed E-state index contributed by atoms with van der Waals surface area (Å²) in [5, 5.41) is 17.0. The summed E-state index contributed by atoms with van der Waals surface area (Å²) in [6.07, 6.45) is 2.94. The lowest BCUT2D eigenvalue weighted by molar-refractivity contribution is 0.0936. The average molecular weight is 227 g/mol. The Hall–Kier alpha value is -1.01. The van der Waals surface area contributed by atoms with Crippen molar-refractivity contribution < 1.29 is 9.90 Å². The van der Waals surface area contributed by atoms with E-state index in [1.165, 1.54) is 11.5 Å². The van der Waals surface area contributed by atoms with Crippen LogP contribution < -0.4 is 5.32 Å². The molecule has 2 N–H and O–H groups in total. The van der Waals surface area contributed by atoms with Gasteiger partial charge in [0.2, 0.25) is 0 Å². The second-order valence-electron chi connectivity index (χ2n) is 3.95. The number of carbonyl (C=O) groups is 1. The molecule has 1 aromatic rings. The van der Waals surface area contributed by atoms with Gasteiger partial charge in [-0.05, 0) is 36.2 Å². The van der Waals surface area contributed by atoms with Gasteiger partial charge < -0.3 is 10.4 Å². The molecule has 1 aliphatic carbocycles. The van der Waals surface area contributed by atoms with Crippen LogP contribution in [-0.4, -0.2) is 33.8 Å². The largest absolute Gasteiger partial charge is 0.396 e. The number of amides is 1. The molecule has 0 spiro atoms. The highest BCUT2D eigenvalue weighted by atomic mass is 32.1. The highest BCUT2D eigenvalue weighted by molar-refractivity contribution is 7.03. The highest BCUT2D eigenvalue weighted by Gasteiger charge is 2.41. The topological polar surface area (TPSA) is 75.1 Å². The van der Waals surface area contributed by atoms with Crippen molar-refractivity contribution in [3.05, 3.63) is 11.1 Å². The summed E-state index contributed by atoms with van der Waals surface area (Å²) < 4.78 is 3.63. The Bertz CT molecular complexity index is 335. The van der Waals surface area contributed by atoms with Crippen molar-refractivity contribution in [3.63, 3.8) is 0 Å². The Morgan fingerprint density at radius 3 is 3.00 bits per heavy atom. The molecule has 0 unspecified atom stereocenters. The van der Waals surface area contributed by atoms with Crippen molar-refractivity contribution in [2.75, 3.05) is 13.2 Å². The van der Waals surface area contributed by atoms with Gasteiger partial charge in [0, 0.05) is 18.5 Å². The first kappa shape index (κ1) is 10.5. The molecule has 1 amide bonds. The zero-order valence-electron chi connectivity index (χ0n) is 8.27. The van der Waals surface area contributed by atoms with Gasteiger partial charge in [0.15, 0.2) is 5.69 Å². The number of nitrogens with one attached hydrogen (secondary N) is 1. The van der Waals surface area contributed by atoms with Crippen LogP contribution in [0.15, 0.2) is 5.38 Å². The molecular weight excluding hydrogens is 214 g/mol. The first-order chi connectivity index (χ1) is 7.26. The molecule has 1 saturated carbocycles. The molecule has 1 heterocycles. The zero-order valence-corrected chi connectivity index (χ0v) is 9.09. The summed E-state index contributed by atoms with van der Waals surface area (Å²) in [4.78, 5) is 11.5. The van der Waals surface area contributed by atoms with Crippen molar-refractivity contribution in [2.45, 2.75) is 19.3 Å². The Labute approximate surface area is 91.7 Å². The molecule has 6 heteroatoms. The predicted molar refractivity (Wildman–Crippen MR) is 55.6 cm³/mol. The van der Waals surface area contributed by atoms with Crippen LogP contribution >= 0.6 is 11.5 Å². The summed E-state index contributed by atoms with van der Waals surface area (Å²) in [6.45, 7) is 0.818. The van der Waals surface area contributed by atoms with E-state index in [2.05, 4.69) is 14.9 Å². The van der Waals surface area contributed by atoms with Crippen LogP contribution in [-0.2, 0) is 0 Å². The molecule has 82 valence electrons. The minimum Gasteiger partial charge on any atom is -0.396 e. The molecule has 0 aliphatic heterocycles. The first-order valence-electron chi connectivity index (χ1n) is 4.92. The lowest BCUT2D eigenvalue weighted by Crippen LogP contribution is -2.30. The van der Waals surface area contributed by atoms with E-state index in [-0.39, 0.29) is 17.9 Å². The molecule has 2 rings (SSSR count). The number of carbonyl (C=O) groups excluding carboxylic acids is 1. The monoisotopic (exact) mass is 227 g/mol. The molecule has 0 bridgehead atoms. The van der Waals surface area contributed by atoms with Gasteiger partial charge >= 0.3 is 0 Å². The van der Waals surface area contributed by atoms with Gasteiger partial charge in [0.1, 0.15) is 0 Å². The lowest BCUT2D eigenvalue weighted by atomic mass is 10.0. The SMILES string of the molecule is O=C(NCC1(CCO)CC1)c1csnn1. The molecular formula is C9H13N3O2S. The molecule has 0 saturated heterocycles. The predicted octanol–water partition coefficient (Wildman–Crippen LogP) is 0.430. The fourth-order valence-corrected chi connectivity index (χ4v) is 1.99. The third kappa shape index (κ3) is 2.51.